The summed E-state index contributed by atoms with van der Waals surface area (Å²) in [5.41, 5.74) is 1.09. The Bertz CT molecular complexity index is 705. The van der Waals surface area contributed by atoms with Gasteiger partial charge in [-0.05, 0) is 49.8 Å². The van der Waals surface area contributed by atoms with Gasteiger partial charge in [0, 0.05) is 44.3 Å². The Balaban J connectivity index is 1.47. The molecule has 3 fully saturated rings. The van der Waals surface area contributed by atoms with Crippen molar-refractivity contribution in [1.29, 1.82) is 0 Å². The molecule has 3 amide bonds. The van der Waals surface area contributed by atoms with E-state index in [1.165, 1.54) is 6.42 Å². The fraction of sp³-hybridized carbons (Fsp3) is 0.579. The Morgan fingerprint density at radius 2 is 1.92 bits per heavy atom. The zero-order valence-corrected chi connectivity index (χ0v) is 15.6. The van der Waals surface area contributed by atoms with Crippen molar-refractivity contribution in [3.05, 3.63) is 28.8 Å². The van der Waals surface area contributed by atoms with Crippen LogP contribution in [-0.2, 0) is 0 Å². The molecule has 26 heavy (non-hydrogen) atoms. The number of fused-ring (bicyclic) bond motifs is 1. The summed E-state index contributed by atoms with van der Waals surface area (Å²) in [4.78, 5) is 29.2. The lowest BCUT2D eigenvalue weighted by atomic mass is 10.1. The summed E-state index contributed by atoms with van der Waals surface area (Å²) < 4.78 is 0. The third-order valence-electron chi connectivity index (χ3n) is 5.80. The lowest BCUT2D eigenvalue weighted by Crippen LogP contribution is -2.41. The molecule has 0 unspecified atom stereocenters. The molecule has 2 N–H and O–H groups in total. The van der Waals surface area contributed by atoms with Crippen LogP contribution in [0.15, 0.2) is 18.2 Å². The highest BCUT2D eigenvalue weighted by molar-refractivity contribution is 6.33. The number of urea groups is 1. The van der Waals surface area contributed by atoms with Gasteiger partial charge in [-0.25, -0.2) is 4.79 Å². The average Bonchev–Trinajstić information content (AvgIpc) is 3.27. The van der Waals surface area contributed by atoms with Crippen molar-refractivity contribution in [2.45, 2.75) is 31.7 Å². The van der Waals surface area contributed by atoms with Crippen LogP contribution in [0.2, 0.25) is 5.02 Å². The van der Waals surface area contributed by atoms with Crippen molar-refractivity contribution < 1.29 is 9.59 Å². The topological polar surface area (TPSA) is 64.7 Å². The number of benzene rings is 1. The predicted molar refractivity (Wildman–Crippen MR) is 102 cm³/mol. The van der Waals surface area contributed by atoms with E-state index in [2.05, 4.69) is 10.6 Å². The Hall–Kier alpha value is -1.79. The molecule has 7 heteroatoms. The molecule has 4 rings (SSSR count). The van der Waals surface area contributed by atoms with Crippen molar-refractivity contribution >= 4 is 29.2 Å². The van der Waals surface area contributed by atoms with E-state index >= 15 is 0 Å². The van der Waals surface area contributed by atoms with Gasteiger partial charge in [0.25, 0.3) is 5.91 Å². The molecule has 3 aliphatic rings. The van der Waals surface area contributed by atoms with Gasteiger partial charge in [0.05, 0.1) is 10.7 Å². The SMILES string of the molecule is O=C(c1ccc(Cl)c(NC(=O)N2CC[C@H]3CNC[C@H]32)c1)N1CCCCC1. The number of anilines is 1. The van der Waals surface area contributed by atoms with E-state index in [1.54, 1.807) is 18.2 Å². The van der Waals surface area contributed by atoms with Gasteiger partial charge in [-0.2, -0.15) is 0 Å². The van der Waals surface area contributed by atoms with Gasteiger partial charge >= 0.3 is 6.03 Å². The summed E-state index contributed by atoms with van der Waals surface area (Å²) in [5.74, 6) is 0.557. The van der Waals surface area contributed by atoms with E-state index in [-0.39, 0.29) is 18.0 Å². The van der Waals surface area contributed by atoms with Gasteiger partial charge in [0.15, 0.2) is 0 Å². The van der Waals surface area contributed by atoms with Crippen LogP contribution in [-0.4, -0.2) is 60.5 Å². The molecular formula is C19H25ClN4O2. The maximum Gasteiger partial charge on any atom is 0.322 e. The molecule has 0 aliphatic carbocycles. The Morgan fingerprint density at radius 1 is 1.12 bits per heavy atom. The highest BCUT2D eigenvalue weighted by Crippen LogP contribution is 2.29. The maximum atomic E-state index is 12.7. The van der Waals surface area contributed by atoms with Crippen molar-refractivity contribution in [3.63, 3.8) is 0 Å². The second-order valence-electron chi connectivity index (χ2n) is 7.45. The number of nitrogens with zero attached hydrogens (tertiary/aromatic N) is 2. The summed E-state index contributed by atoms with van der Waals surface area (Å²) in [5, 5.41) is 6.72. The molecule has 1 aromatic rings. The van der Waals surface area contributed by atoms with Gasteiger partial charge in [0.1, 0.15) is 0 Å². The summed E-state index contributed by atoms with van der Waals surface area (Å²) in [6.45, 7) is 4.20. The Kier molecular flexibility index (Phi) is 5.05. The van der Waals surface area contributed by atoms with Crippen molar-refractivity contribution in [3.8, 4) is 0 Å². The monoisotopic (exact) mass is 376 g/mol. The number of hydrogen-bond acceptors (Lipinski definition) is 3. The number of carbonyl (C=O) groups is 2. The first-order chi connectivity index (χ1) is 12.6. The van der Waals surface area contributed by atoms with Gasteiger partial charge in [-0.3, -0.25) is 4.79 Å². The molecule has 2 atom stereocenters. The second-order valence-corrected chi connectivity index (χ2v) is 7.85. The quantitative estimate of drug-likeness (QED) is 0.834. The van der Waals surface area contributed by atoms with Crippen molar-refractivity contribution in [1.82, 2.24) is 15.1 Å². The molecule has 1 aromatic carbocycles. The third kappa shape index (κ3) is 3.40. The van der Waals surface area contributed by atoms with E-state index in [1.807, 2.05) is 9.80 Å². The highest BCUT2D eigenvalue weighted by atomic mass is 35.5. The Morgan fingerprint density at radius 3 is 2.73 bits per heavy atom. The van der Waals surface area contributed by atoms with Crippen LogP contribution in [0.25, 0.3) is 0 Å². The van der Waals surface area contributed by atoms with Gasteiger partial charge in [-0.15, -0.1) is 0 Å². The molecule has 3 saturated heterocycles. The smallest absolute Gasteiger partial charge is 0.322 e. The van der Waals surface area contributed by atoms with Crippen LogP contribution in [0.4, 0.5) is 10.5 Å². The van der Waals surface area contributed by atoms with Gasteiger partial charge in [0.2, 0.25) is 0 Å². The largest absolute Gasteiger partial charge is 0.339 e. The Labute approximate surface area is 158 Å². The number of carbonyl (C=O) groups excluding carboxylic acids is 2. The van der Waals surface area contributed by atoms with E-state index in [9.17, 15) is 9.59 Å². The predicted octanol–water partition coefficient (Wildman–Crippen LogP) is 2.79. The number of piperidine rings is 1. The first-order valence-electron chi connectivity index (χ1n) is 9.50. The lowest BCUT2D eigenvalue weighted by Gasteiger charge is -2.27. The molecule has 0 aromatic heterocycles. The third-order valence-corrected chi connectivity index (χ3v) is 6.13. The number of likely N-dealkylation sites (tertiary alicyclic amines) is 2. The molecular weight excluding hydrogens is 352 g/mol. The molecule has 0 spiro atoms. The van der Waals surface area contributed by atoms with Crippen LogP contribution in [0.3, 0.4) is 0 Å². The van der Waals surface area contributed by atoms with E-state index < -0.39 is 0 Å². The van der Waals surface area contributed by atoms with Crippen molar-refractivity contribution in [2.24, 2.45) is 5.92 Å². The molecule has 0 bridgehead atoms. The lowest BCUT2D eigenvalue weighted by molar-refractivity contribution is 0.0724. The standard InChI is InChI=1S/C19H25ClN4O2/c20-15-5-4-13(18(25)23-7-2-1-3-8-23)10-16(15)22-19(26)24-9-6-14-11-21-12-17(14)24/h4-5,10,14,17,21H,1-3,6-9,11-12H2,(H,22,26)/t14-,17+/m0/s1. The van der Waals surface area contributed by atoms with Crippen LogP contribution in [0.5, 0.6) is 0 Å². The molecule has 3 heterocycles. The van der Waals surface area contributed by atoms with E-state index in [0.29, 0.717) is 22.2 Å². The fourth-order valence-electron chi connectivity index (χ4n) is 4.32. The van der Waals surface area contributed by atoms with Crippen LogP contribution < -0.4 is 10.6 Å². The summed E-state index contributed by atoms with van der Waals surface area (Å²) in [6.07, 6.45) is 4.31. The molecule has 140 valence electrons. The number of amides is 3. The minimum absolute atomic E-state index is 0.0121. The summed E-state index contributed by atoms with van der Waals surface area (Å²) in [7, 11) is 0. The zero-order valence-electron chi connectivity index (χ0n) is 14.8. The first-order valence-corrected chi connectivity index (χ1v) is 9.88. The molecule has 6 nitrogen and oxygen atoms in total. The van der Waals surface area contributed by atoms with Crippen LogP contribution in [0, 0.1) is 5.92 Å². The van der Waals surface area contributed by atoms with Crippen LogP contribution >= 0.6 is 11.6 Å². The highest BCUT2D eigenvalue weighted by Gasteiger charge is 2.40. The van der Waals surface area contributed by atoms with E-state index in [4.69, 9.17) is 11.6 Å². The number of rotatable bonds is 2. The first kappa shape index (κ1) is 17.6. The maximum absolute atomic E-state index is 12.7. The molecule has 0 radical (unpaired) electrons. The van der Waals surface area contributed by atoms with E-state index in [0.717, 1.165) is 52.0 Å². The molecule has 3 aliphatic heterocycles. The zero-order chi connectivity index (χ0) is 18.1. The van der Waals surface area contributed by atoms with Gasteiger partial charge in [-0.1, -0.05) is 11.6 Å². The number of hydrogen-bond donors (Lipinski definition) is 2. The van der Waals surface area contributed by atoms with Crippen LogP contribution in [0.1, 0.15) is 36.0 Å². The number of halogens is 1. The second kappa shape index (κ2) is 7.45. The van der Waals surface area contributed by atoms with Crippen molar-refractivity contribution in [2.75, 3.05) is 38.0 Å². The minimum Gasteiger partial charge on any atom is -0.339 e. The van der Waals surface area contributed by atoms with Gasteiger partial charge < -0.3 is 20.4 Å². The average molecular weight is 377 g/mol. The fourth-order valence-corrected chi connectivity index (χ4v) is 4.49. The summed E-state index contributed by atoms with van der Waals surface area (Å²) >= 11 is 6.28. The number of nitrogens with one attached hydrogen (secondary N) is 2. The summed E-state index contributed by atoms with van der Waals surface area (Å²) in [6, 6.07) is 5.26. The normalized spacial score (nSPS) is 25.3. The minimum atomic E-state index is -0.134. The molecule has 0 saturated carbocycles.